The van der Waals surface area contributed by atoms with Crippen molar-refractivity contribution in [3.8, 4) is 0 Å². The molecule has 3 aromatic rings. The van der Waals surface area contributed by atoms with Crippen LogP contribution in [0, 0.1) is 6.92 Å². The van der Waals surface area contributed by atoms with Crippen molar-refractivity contribution in [2.24, 2.45) is 0 Å². The fourth-order valence-electron chi connectivity index (χ4n) is 2.65. The summed E-state index contributed by atoms with van der Waals surface area (Å²) in [5.41, 5.74) is 4.54. The molecule has 0 radical (unpaired) electrons. The van der Waals surface area contributed by atoms with E-state index < -0.39 is 0 Å². The van der Waals surface area contributed by atoms with Crippen LogP contribution >= 0.6 is 12.2 Å². The van der Waals surface area contributed by atoms with Gasteiger partial charge in [-0.15, -0.1) is 0 Å². The topological polar surface area (TPSA) is 24.1 Å². The Morgan fingerprint density at radius 3 is 1.79 bits per heavy atom. The van der Waals surface area contributed by atoms with Gasteiger partial charge in [-0.1, -0.05) is 78.9 Å². The van der Waals surface area contributed by atoms with Crippen LogP contribution in [0.2, 0.25) is 0 Å². The quantitative estimate of drug-likeness (QED) is 0.652. The summed E-state index contributed by atoms with van der Waals surface area (Å²) in [6.07, 6.45) is 0. The highest BCUT2D eigenvalue weighted by Crippen LogP contribution is 2.22. The molecule has 0 saturated carbocycles. The summed E-state index contributed by atoms with van der Waals surface area (Å²) in [5.74, 6) is 0. The molecule has 3 heteroatoms. The number of hydrogen-bond donors (Lipinski definition) is 2. The van der Waals surface area contributed by atoms with Crippen molar-refractivity contribution < 1.29 is 0 Å². The van der Waals surface area contributed by atoms with Crippen molar-refractivity contribution in [2.75, 3.05) is 5.32 Å². The summed E-state index contributed by atoms with van der Waals surface area (Å²) in [5, 5.41) is 7.36. The van der Waals surface area contributed by atoms with E-state index in [2.05, 4.69) is 47.9 Å². The summed E-state index contributed by atoms with van der Waals surface area (Å²) >= 11 is 5.55. The predicted octanol–water partition coefficient (Wildman–Crippen LogP) is 5.07. The Labute approximate surface area is 148 Å². The molecule has 2 nitrogen and oxygen atoms in total. The fraction of sp³-hybridized carbons (Fsp3) is 0.0952. The van der Waals surface area contributed by atoms with Crippen molar-refractivity contribution in [1.29, 1.82) is 0 Å². The average molecular weight is 332 g/mol. The molecular formula is C21H20N2S. The van der Waals surface area contributed by atoms with Gasteiger partial charge in [-0.25, -0.2) is 0 Å². The lowest BCUT2D eigenvalue weighted by Crippen LogP contribution is -2.33. The zero-order valence-corrected chi connectivity index (χ0v) is 14.4. The highest BCUT2D eigenvalue weighted by molar-refractivity contribution is 7.80. The smallest absolute Gasteiger partial charge is 0.171 e. The van der Waals surface area contributed by atoms with Gasteiger partial charge in [0.1, 0.15) is 0 Å². The molecule has 3 rings (SSSR count). The first kappa shape index (κ1) is 16.2. The van der Waals surface area contributed by atoms with Crippen molar-refractivity contribution in [1.82, 2.24) is 5.32 Å². The number of anilines is 1. The van der Waals surface area contributed by atoms with Crippen molar-refractivity contribution >= 4 is 23.0 Å². The molecular weight excluding hydrogens is 312 g/mol. The van der Waals surface area contributed by atoms with Crippen LogP contribution in [0.4, 0.5) is 5.69 Å². The number of hydrogen-bond acceptors (Lipinski definition) is 1. The molecule has 0 aliphatic heterocycles. The van der Waals surface area contributed by atoms with E-state index >= 15 is 0 Å². The maximum Gasteiger partial charge on any atom is 0.171 e. The molecule has 120 valence electrons. The van der Waals surface area contributed by atoms with Crippen molar-refractivity contribution in [3.05, 3.63) is 102 Å². The number of nitrogens with one attached hydrogen (secondary N) is 2. The average Bonchev–Trinajstić information content (AvgIpc) is 2.63. The molecule has 0 fully saturated rings. The number of para-hydroxylation sites is 1. The van der Waals surface area contributed by atoms with Gasteiger partial charge in [0.05, 0.1) is 6.04 Å². The van der Waals surface area contributed by atoms with Crippen molar-refractivity contribution in [2.45, 2.75) is 13.0 Å². The standard InChI is InChI=1S/C21H20N2S/c1-16-10-8-9-15-19(16)22-21(24)23-20(17-11-4-2-5-12-17)18-13-6-3-7-14-18/h2-15,20H,1H3,(H2,22,23,24). The molecule has 0 amide bonds. The predicted molar refractivity (Wildman–Crippen MR) is 105 cm³/mol. The summed E-state index contributed by atoms with van der Waals surface area (Å²) in [7, 11) is 0. The number of thiocarbonyl (C=S) groups is 1. The Hall–Kier alpha value is -2.65. The first-order chi connectivity index (χ1) is 11.7. The molecule has 0 aliphatic rings. The summed E-state index contributed by atoms with van der Waals surface area (Å²) < 4.78 is 0. The molecule has 0 unspecified atom stereocenters. The van der Waals surface area contributed by atoms with E-state index in [0.717, 1.165) is 11.3 Å². The second-order valence-electron chi connectivity index (χ2n) is 5.67. The maximum absolute atomic E-state index is 5.55. The van der Waals surface area contributed by atoms with Gasteiger partial charge < -0.3 is 10.6 Å². The molecule has 0 heterocycles. The Balaban J connectivity index is 1.82. The van der Waals surface area contributed by atoms with Gasteiger partial charge in [-0.2, -0.15) is 0 Å². The third kappa shape index (κ3) is 4.00. The molecule has 3 aromatic carbocycles. The SMILES string of the molecule is Cc1ccccc1NC(=S)NC(c1ccccc1)c1ccccc1. The van der Waals surface area contributed by atoms with Gasteiger partial charge in [0.2, 0.25) is 0 Å². The Bertz CT molecular complexity index is 761. The molecule has 2 N–H and O–H groups in total. The number of benzene rings is 3. The summed E-state index contributed by atoms with van der Waals surface area (Å²) in [6, 6.07) is 28.8. The van der Waals surface area contributed by atoms with E-state index in [1.807, 2.05) is 54.6 Å². The van der Waals surface area contributed by atoms with Crippen molar-refractivity contribution in [3.63, 3.8) is 0 Å². The van der Waals surface area contributed by atoms with Crippen LogP contribution in [-0.2, 0) is 0 Å². The van der Waals surface area contributed by atoms with E-state index in [0.29, 0.717) is 5.11 Å². The van der Waals surface area contributed by atoms with Crippen LogP contribution in [0.15, 0.2) is 84.9 Å². The normalized spacial score (nSPS) is 10.4. The Morgan fingerprint density at radius 2 is 1.25 bits per heavy atom. The van der Waals surface area contributed by atoms with Gasteiger partial charge in [0.25, 0.3) is 0 Å². The minimum Gasteiger partial charge on any atom is -0.352 e. The lowest BCUT2D eigenvalue weighted by molar-refractivity contribution is 0.768. The Kier molecular flexibility index (Phi) is 5.24. The van der Waals surface area contributed by atoms with E-state index in [1.165, 1.54) is 11.1 Å². The van der Waals surface area contributed by atoms with Gasteiger partial charge in [-0.3, -0.25) is 0 Å². The van der Waals surface area contributed by atoms with Crippen LogP contribution in [0.5, 0.6) is 0 Å². The van der Waals surface area contributed by atoms with Crippen LogP contribution in [0.25, 0.3) is 0 Å². The van der Waals surface area contributed by atoms with Crippen LogP contribution < -0.4 is 10.6 Å². The maximum atomic E-state index is 5.55. The molecule has 0 aliphatic carbocycles. The largest absolute Gasteiger partial charge is 0.352 e. The number of aryl methyl sites for hydroxylation is 1. The third-order valence-electron chi connectivity index (χ3n) is 3.93. The molecule has 24 heavy (non-hydrogen) atoms. The summed E-state index contributed by atoms with van der Waals surface area (Å²) in [6.45, 7) is 2.07. The van der Waals surface area contributed by atoms with Crippen LogP contribution in [0.3, 0.4) is 0 Å². The second-order valence-corrected chi connectivity index (χ2v) is 6.08. The second kappa shape index (κ2) is 7.75. The van der Waals surface area contributed by atoms with E-state index in [1.54, 1.807) is 0 Å². The number of rotatable bonds is 4. The van der Waals surface area contributed by atoms with Crippen LogP contribution in [-0.4, -0.2) is 5.11 Å². The van der Waals surface area contributed by atoms with E-state index in [9.17, 15) is 0 Å². The molecule has 0 saturated heterocycles. The monoisotopic (exact) mass is 332 g/mol. The zero-order chi connectivity index (χ0) is 16.8. The third-order valence-corrected chi connectivity index (χ3v) is 4.15. The molecule has 0 aromatic heterocycles. The summed E-state index contributed by atoms with van der Waals surface area (Å²) in [4.78, 5) is 0. The fourth-order valence-corrected chi connectivity index (χ4v) is 2.88. The van der Waals surface area contributed by atoms with Crippen LogP contribution in [0.1, 0.15) is 22.7 Å². The first-order valence-corrected chi connectivity index (χ1v) is 8.38. The lowest BCUT2D eigenvalue weighted by Gasteiger charge is -2.22. The highest BCUT2D eigenvalue weighted by Gasteiger charge is 2.15. The minimum absolute atomic E-state index is 0.0106. The molecule has 0 spiro atoms. The van der Waals surface area contributed by atoms with Gasteiger partial charge in [0, 0.05) is 5.69 Å². The van der Waals surface area contributed by atoms with Gasteiger partial charge >= 0.3 is 0 Å². The zero-order valence-electron chi connectivity index (χ0n) is 13.6. The molecule has 0 bridgehead atoms. The van der Waals surface area contributed by atoms with E-state index in [4.69, 9.17) is 12.2 Å². The van der Waals surface area contributed by atoms with Gasteiger partial charge in [-0.05, 0) is 41.9 Å². The highest BCUT2D eigenvalue weighted by atomic mass is 32.1. The molecule has 0 atom stereocenters. The lowest BCUT2D eigenvalue weighted by atomic mass is 9.99. The van der Waals surface area contributed by atoms with Gasteiger partial charge in [0.15, 0.2) is 5.11 Å². The first-order valence-electron chi connectivity index (χ1n) is 7.97. The minimum atomic E-state index is 0.0106. The Morgan fingerprint density at radius 1 is 0.750 bits per heavy atom. The van der Waals surface area contributed by atoms with E-state index in [-0.39, 0.29) is 6.04 Å².